The third kappa shape index (κ3) is 4.74. The highest BCUT2D eigenvalue weighted by molar-refractivity contribution is 6.30. The maximum atomic E-state index is 13.4. The van der Waals surface area contributed by atoms with Crippen molar-refractivity contribution in [3.8, 4) is 0 Å². The molecule has 0 aliphatic heterocycles. The van der Waals surface area contributed by atoms with Gasteiger partial charge in [-0.1, -0.05) is 29.8 Å². The highest BCUT2D eigenvalue weighted by atomic mass is 35.5. The van der Waals surface area contributed by atoms with Crippen LogP contribution in [0.15, 0.2) is 42.5 Å². The molecule has 0 aliphatic rings. The first-order valence-corrected chi connectivity index (χ1v) is 7.44. The van der Waals surface area contributed by atoms with Gasteiger partial charge >= 0.3 is 0 Å². The Morgan fingerprint density at radius 2 is 2.00 bits per heavy atom. The zero-order valence-corrected chi connectivity index (χ0v) is 13.1. The number of carbonyl (C=O) groups excluding carboxylic acids is 1. The summed E-state index contributed by atoms with van der Waals surface area (Å²) in [5.74, 6) is -0.377. The molecule has 2 aromatic rings. The van der Waals surface area contributed by atoms with E-state index in [1.54, 1.807) is 24.3 Å². The molecular formula is C17H18ClFN2O. The fraction of sp³-hybridized carbons (Fsp3) is 0.235. The third-order valence-electron chi connectivity index (χ3n) is 3.30. The normalized spacial score (nSPS) is 10.3. The molecule has 0 bridgehead atoms. The van der Waals surface area contributed by atoms with Crippen molar-refractivity contribution in [1.82, 2.24) is 5.32 Å². The van der Waals surface area contributed by atoms with E-state index in [1.165, 1.54) is 6.07 Å². The SMILES string of the molecule is Cc1cc(Cl)ccc1NCC(=O)NCCc1ccccc1F. The van der Waals surface area contributed by atoms with E-state index >= 15 is 0 Å². The Morgan fingerprint density at radius 3 is 2.73 bits per heavy atom. The molecule has 0 radical (unpaired) electrons. The van der Waals surface area contributed by atoms with Crippen LogP contribution < -0.4 is 10.6 Å². The Kier molecular flexibility index (Phi) is 5.78. The van der Waals surface area contributed by atoms with Crippen molar-refractivity contribution in [2.24, 2.45) is 0 Å². The van der Waals surface area contributed by atoms with Crippen LogP contribution in [-0.4, -0.2) is 19.0 Å². The summed E-state index contributed by atoms with van der Waals surface area (Å²) in [7, 11) is 0. The lowest BCUT2D eigenvalue weighted by Gasteiger charge is -2.10. The zero-order chi connectivity index (χ0) is 15.9. The van der Waals surface area contributed by atoms with E-state index in [2.05, 4.69) is 10.6 Å². The monoisotopic (exact) mass is 320 g/mol. The molecule has 116 valence electrons. The van der Waals surface area contributed by atoms with E-state index in [0.717, 1.165) is 11.3 Å². The summed E-state index contributed by atoms with van der Waals surface area (Å²) in [5.41, 5.74) is 2.45. The largest absolute Gasteiger partial charge is 0.376 e. The van der Waals surface area contributed by atoms with Crippen LogP contribution in [0.3, 0.4) is 0 Å². The van der Waals surface area contributed by atoms with E-state index in [9.17, 15) is 9.18 Å². The minimum absolute atomic E-state index is 0.134. The Hall–Kier alpha value is -2.07. The number of anilines is 1. The second kappa shape index (κ2) is 7.80. The van der Waals surface area contributed by atoms with Crippen LogP contribution in [0, 0.1) is 12.7 Å². The number of hydrogen-bond acceptors (Lipinski definition) is 2. The second-order valence-electron chi connectivity index (χ2n) is 5.00. The molecule has 0 atom stereocenters. The number of benzene rings is 2. The highest BCUT2D eigenvalue weighted by Crippen LogP contribution is 2.19. The summed E-state index contributed by atoms with van der Waals surface area (Å²) in [6.45, 7) is 2.49. The number of nitrogens with one attached hydrogen (secondary N) is 2. The number of amides is 1. The van der Waals surface area contributed by atoms with Gasteiger partial charge in [0.25, 0.3) is 0 Å². The summed E-state index contributed by atoms with van der Waals surface area (Å²) < 4.78 is 13.4. The van der Waals surface area contributed by atoms with E-state index in [1.807, 2.05) is 19.1 Å². The van der Waals surface area contributed by atoms with Gasteiger partial charge in [-0.05, 0) is 48.7 Å². The first-order chi connectivity index (χ1) is 10.6. The van der Waals surface area contributed by atoms with Crippen LogP contribution in [0.4, 0.5) is 10.1 Å². The molecule has 1 amide bonds. The van der Waals surface area contributed by atoms with Crippen LogP contribution in [0.5, 0.6) is 0 Å². The lowest BCUT2D eigenvalue weighted by Crippen LogP contribution is -2.31. The van der Waals surface area contributed by atoms with Gasteiger partial charge in [0.15, 0.2) is 0 Å². The highest BCUT2D eigenvalue weighted by Gasteiger charge is 2.05. The van der Waals surface area contributed by atoms with Crippen molar-refractivity contribution in [2.45, 2.75) is 13.3 Å². The summed E-state index contributed by atoms with van der Waals surface area (Å²) in [6.07, 6.45) is 0.471. The van der Waals surface area contributed by atoms with Gasteiger partial charge in [0.2, 0.25) is 5.91 Å². The fourth-order valence-electron chi connectivity index (χ4n) is 2.10. The Labute approximate surface area is 134 Å². The van der Waals surface area contributed by atoms with Crippen molar-refractivity contribution >= 4 is 23.2 Å². The van der Waals surface area contributed by atoms with Crippen LogP contribution in [0.1, 0.15) is 11.1 Å². The topological polar surface area (TPSA) is 41.1 Å². The maximum absolute atomic E-state index is 13.4. The second-order valence-corrected chi connectivity index (χ2v) is 5.44. The van der Waals surface area contributed by atoms with Crippen molar-refractivity contribution in [3.63, 3.8) is 0 Å². The molecule has 0 saturated heterocycles. The minimum Gasteiger partial charge on any atom is -0.376 e. The molecule has 0 unspecified atom stereocenters. The Bertz CT molecular complexity index is 661. The first-order valence-electron chi connectivity index (χ1n) is 7.06. The molecular weight excluding hydrogens is 303 g/mol. The molecule has 0 aromatic heterocycles. The summed E-state index contributed by atoms with van der Waals surface area (Å²) >= 11 is 5.88. The first kappa shape index (κ1) is 16.3. The van der Waals surface area contributed by atoms with E-state index in [-0.39, 0.29) is 18.3 Å². The van der Waals surface area contributed by atoms with Crippen molar-refractivity contribution in [1.29, 1.82) is 0 Å². The zero-order valence-electron chi connectivity index (χ0n) is 12.3. The lowest BCUT2D eigenvalue weighted by molar-refractivity contribution is -0.119. The van der Waals surface area contributed by atoms with Gasteiger partial charge in [-0.15, -0.1) is 0 Å². The van der Waals surface area contributed by atoms with E-state index < -0.39 is 0 Å². The molecule has 3 nitrogen and oxygen atoms in total. The minimum atomic E-state index is -0.244. The van der Waals surface area contributed by atoms with Crippen LogP contribution in [-0.2, 0) is 11.2 Å². The Morgan fingerprint density at radius 1 is 1.23 bits per heavy atom. The molecule has 0 spiro atoms. The Balaban J connectivity index is 1.75. The number of carbonyl (C=O) groups is 1. The lowest BCUT2D eigenvalue weighted by atomic mass is 10.1. The van der Waals surface area contributed by atoms with Gasteiger partial charge < -0.3 is 10.6 Å². The number of aryl methyl sites for hydroxylation is 1. The molecule has 2 aromatic carbocycles. The number of halogens is 2. The van der Waals surface area contributed by atoms with Gasteiger partial charge in [0, 0.05) is 17.3 Å². The third-order valence-corrected chi connectivity index (χ3v) is 3.54. The van der Waals surface area contributed by atoms with Crippen molar-refractivity contribution < 1.29 is 9.18 Å². The van der Waals surface area contributed by atoms with Crippen LogP contribution in [0.25, 0.3) is 0 Å². The average molecular weight is 321 g/mol. The summed E-state index contributed by atoms with van der Waals surface area (Å²) in [4.78, 5) is 11.8. The summed E-state index contributed by atoms with van der Waals surface area (Å²) in [5, 5.41) is 6.48. The predicted molar refractivity (Wildman–Crippen MR) is 87.8 cm³/mol. The smallest absolute Gasteiger partial charge is 0.239 e. The number of rotatable bonds is 6. The van der Waals surface area contributed by atoms with Crippen molar-refractivity contribution in [2.75, 3.05) is 18.4 Å². The van der Waals surface area contributed by atoms with Gasteiger partial charge in [-0.2, -0.15) is 0 Å². The van der Waals surface area contributed by atoms with Gasteiger partial charge in [0.05, 0.1) is 6.54 Å². The van der Waals surface area contributed by atoms with Gasteiger partial charge in [0.1, 0.15) is 5.82 Å². The standard InChI is InChI=1S/C17H18ClFN2O/c1-12-10-14(18)6-7-16(12)21-11-17(22)20-9-8-13-4-2-3-5-15(13)19/h2-7,10,21H,8-9,11H2,1H3,(H,20,22). The van der Waals surface area contributed by atoms with Crippen LogP contribution in [0.2, 0.25) is 5.02 Å². The van der Waals surface area contributed by atoms with Crippen LogP contribution >= 0.6 is 11.6 Å². The summed E-state index contributed by atoms with van der Waals surface area (Å²) in [6, 6.07) is 12.0. The fourth-order valence-corrected chi connectivity index (χ4v) is 2.33. The molecule has 0 fully saturated rings. The molecule has 0 saturated carbocycles. The molecule has 2 rings (SSSR count). The number of hydrogen-bond donors (Lipinski definition) is 2. The van der Waals surface area contributed by atoms with E-state index in [4.69, 9.17) is 11.6 Å². The molecule has 22 heavy (non-hydrogen) atoms. The van der Waals surface area contributed by atoms with E-state index in [0.29, 0.717) is 23.6 Å². The van der Waals surface area contributed by atoms with Gasteiger partial charge in [-0.25, -0.2) is 4.39 Å². The van der Waals surface area contributed by atoms with Gasteiger partial charge in [-0.3, -0.25) is 4.79 Å². The quantitative estimate of drug-likeness (QED) is 0.854. The maximum Gasteiger partial charge on any atom is 0.239 e. The predicted octanol–water partition coefficient (Wildman–Crippen LogP) is 3.56. The van der Waals surface area contributed by atoms with Crippen molar-refractivity contribution in [3.05, 3.63) is 64.4 Å². The molecule has 2 N–H and O–H groups in total. The molecule has 0 heterocycles. The molecule has 0 aliphatic carbocycles. The average Bonchev–Trinajstić information content (AvgIpc) is 2.48. The molecule has 5 heteroatoms.